The molecule has 0 amide bonds. The van der Waals surface area contributed by atoms with Crippen LogP contribution in [0, 0.1) is 18.7 Å². The maximum Gasteiger partial charge on any atom is 0.319 e. The fourth-order valence-electron chi connectivity index (χ4n) is 8.57. The van der Waals surface area contributed by atoms with Gasteiger partial charge in [-0.05, 0) is 74.6 Å². The van der Waals surface area contributed by atoms with Gasteiger partial charge in [0.25, 0.3) is 0 Å². The zero-order valence-electron chi connectivity index (χ0n) is 27.5. The molecule has 0 radical (unpaired) electrons. The first kappa shape index (κ1) is 31.4. The van der Waals surface area contributed by atoms with Crippen LogP contribution in [0.5, 0.6) is 6.01 Å². The number of carbonyl (C=O) groups is 1. The summed E-state index contributed by atoms with van der Waals surface area (Å²) in [5.41, 5.74) is 1.08. The van der Waals surface area contributed by atoms with Crippen LogP contribution in [0.4, 0.5) is 19.0 Å². The molecule has 254 valence electrons. The van der Waals surface area contributed by atoms with E-state index < -0.39 is 29.8 Å². The monoisotopic (exact) mass is 663 g/mol. The third-order valence-corrected chi connectivity index (χ3v) is 11.1. The smallest absolute Gasteiger partial charge is 0.319 e. The van der Waals surface area contributed by atoms with E-state index in [1.54, 1.807) is 11.1 Å². The van der Waals surface area contributed by atoms with E-state index in [9.17, 15) is 18.7 Å². The van der Waals surface area contributed by atoms with Crippen LogP contribution in [0.25, 0.3) is 33.1 Å². The topological polar surface area (TPSA) is 110 Å². The van der Waals surface area contributed by atoms with Crippen molar-refractivity contribution in [2.45, 2.75) is 82.5 Å². The Morgan fingerprint density at radius 3 is 2.71 bits per heavy atom. The second-order valence-electron chi connectivity index (χ2n) is 14.6. The zero-order chi connectivity index (χ0) is 33.5. The molecule has 6 heterocycles. The van der Waals surface area contributed by atoms with Gasteiger partial charge in [0.2, 0.25) is 5.91 Å². The number of aryl methyl sites for hydroxylation is 1. The number of hydrogen-bond acceptors (Lipinski definition) is 9. The van der Waals surface area contributed by atoms with Crippen LogP contribution in [-0.2, 0) is 0 Å². The number of halogens is 3. The number of ether oxygens (including phenoxy) is 1. The minimum Gasteiger partial charge on any atom is -0.461 e. The van der Waals surface area contributed by atoms with E-state index in [1.165, 1.54) is 17.8 Å². The lowest BCUT2D eigenvalue weighted by atomic mass is 9.91. The van der Waals surface area contributed by atoms with Crippen LogP contribution < -0.4 is 9.64 Å². The Bertz CT molecular complexity index is 1950. The Hall–Kier alpha value is -3.84. The number of β-amino-alcohol motifs (C(OH)–C–C–N with tert-alkyl or cyclic N) is 1. The number of aromatic nitrogens is 5. The van der Waals surface area contributed by atoms with Crippen molar-refractivity contribution >= 4 is 33.5 Å². The Morgan fingerprint density at radius 2 is 1.96 bits per heavy atom. The molecule has 0 bridgehead atoms. The highest BCUT2D eigenvalue weighted by Gasteiger charge is 2.49. The summed E-state index contributed by atoms with van der Waals surface area (Å²) < 4.78 is 53.3. The molecule has 4 aliphatic rings. The second kappa shape index (κ2) is 11.4. The summed E-state index contributed by atoms with van der Waals surface area (Å²) in [5, 5.41) is 16.2. The molecular weight excluding hydrogens is 623 g/mol. The number of aliphatic hydroxyl groups is 1. The molecule has 13 heteroatoms. The Labute approximate surface area is 276 Å². The minimum absolute atomic E-state index is 0.0201. The molecule has 3 saturated heterocycles. The lowest BCUT2D eigenvalue weighted by Crippen LogP contribution is -2.50. The van der Waals surface area contributed by atoms with Crippen LogP contribution in [0.1, 0.15) is 74.2 Å². The molecule has 3 aliphatic heterocycles. The quantitative estimate of drug-likeness (QED) is 0.273. The number of piperidine rings is 1. The number of hydrogen-bond donors (Lipinski definition) is 1. The van der Waals surface area contributed by atoms with Gasteiger partial charge in [0.15, 0.2) is 5.82 Å². The molecule has 1 N–H and O–H groups in total. The molecule has 1 aromatic carbocycles. The van der Waals surface area contributed by atoms with Gasteiger partial charge in [-0.3, -0.25) is 14.7 Å². The first-order valence-corrected chi connectivity index (χ1v) is 16.9. The van der Waals surface area contributed by atoms with Crippen molar-refractivity contribution in [3.63, 3.8) is 0 Å². The zero-order valence-corrected chi connectivity index (χ0v) is 27.5. The van der Waals surface area contributed by atoms with Crippen molar-refractivity contribution in [3.05, 3.63) is 35.4 Å². The molecule has 1 saturated carbocycles. The van der Waals surface area contributed by atoms with Gasteiger partial charge in [-0.15, -0.1) is 0 Å². The second-order valence-corrected chi connectivity index (χ2v) is 14.6. The van der Waals surface area contributed by atoms with Crippen molar-refractivity contribution in [3.8, 4) is 17.3 Å². The van der Waals surface area contributed by atoms with E-state index in [0.717, 1.165) is 36.9 Å². The molecule has 5 atom stereocenters. The normalized spacial score (nSPS) is 28.8. The predicted molar refractivity (Wildman–Crippen MR) is 174 cm³/mol. The van der Waals surface area contributed by atoms with Crippen molar-refractivity contribution in [2.24, 2.45) is 5.92 Å². The first-order chi connectivity index (χ1) is 23.0. The summed E-state index contributed by atoms with van der Waals surface area (Å²) >= 11 is 0. The molecule has 3 aromatic heterocycles. The fourth-order valence-corrected chi connectivity index (χ4v) is 8.57. The SMILES string of the molecule is CC(=O)n1ncc2c(-c3ncc4c(N5CCC[C@](O)(CF)C5)nc(OC[C@@]56CCCN5C[C@H](F)C6)nc4c3F)c([C@H]3C[C@H]3C)c(C)cc21. The Kier molecular flexibility index (Phi) is 7.44. The number of anilines is 1. The summed E-state index contributed by atoms with van der Waals surface area (Å²) in [4.78, 5) is 30.3. The number of nitrogens with zero attached hydrogens (tertiary/aromatic N) is 7. The van der Waals surface area contributed by atoms with Gasteiger partial charge in [0, 0.05) is 43.6 Å². The van der Waals surface area contributed by atoms with E-state index in [0.29, 0.717) is 65.9 Å². The molecule has 8 rings (SSSR count). The summed E-state index contributed by atoms with van der Waals surface area (Å²) in [6, 6.07) is 1.86. The minimum atomic E-state index is -1.56. The van der Waals surface area contributed by atoms with Gasteiger partial charge >= 0.3 is 6.01 Å². The largest absolute Gasteiger partial charge is 0.461 e. The summed E-state index contributed by atoms with van der Waals surface area (Å²) in [5.74, 6) is -0.0352. The number of alkyl halides is 2. The molecule has 4 fully saturated rings. The Balaban J connectivity index is 1.30. The molecule has 0 spiro atoms. The van der Waals surface area contributed by atoms with E-state index in [1.807, 2.05) is 13.0 Å². The number of rotatable bonds is 7. The number of carbonyl (C=O) groups excluding carboxylic acids is 1. The maximum atomic E-state index is 17.2. The van der Waals surface area contributed by atoms with Crippen molar-refractivity contribution in [2.75, 3.05) is 44.4 Å². The van der Waals surface area contributed by atoms with Crippen LogP contribution in [0.2, 0.25) is 0 Å². The fraction of sp³-hybridized carbons (Fsp3) is 0.571. The highest BCUT2D eigenvalue weighted by Crippen LogP contribution is 2.53. The predicted octanol–water partition coefficient (Wildman–Crippen LogP) is 5.53. The van der Waals surface area contributed by atoms with Crippen LogP contribution >= 0.6 is 0 Å². The van der Waals surface area contributed by atoms with E-state index in [4.69, 9.17) is 14.7 Å². The van der Waals surface area contributed by atoms with E-state index >= 15 is 4.39 Å². The molecular formula is C35H40F3N7O3. The molecule has 4 aromatic rings. The van der Waals surface area contributed by atoms with E-state index in [2.05, 4.69) is 21.9 Å². The lowest BCUT2D eigenvalue weighted by Gasteiger charge is -2.38. The van der Waals surface area contributed by atoms with Crippen molar-refractivity contribution in [1.29, 1.82) is 0 Å². The van der Waals surface area contributed by atoms with Gasteiger partial charge in [-0.2, -0.15) is 15.1 Å². The third kappa shape index (κ3) is 5.03. The number of benzene rings is 1. The van der Waals surface area contributed by atoms with Crippen LogP contribution in [0.15, 0.2) is 18.5 Å². The summed E-state index contributed by atoms with van der Waals surface area (Å²) in [7, 11) is 0. The standard InChI is InChI=1S/C35H40F3N7O3/c1-19-10-23(19)27-20(2)11-26-24(14-40-45(26)21(3)46)28(27)31-29(38)30-25(13-39-31)32(43-8-5-7-35(47,16-36)17-43)42-33(41-30)48-18-34-6-4-9-44(34)15-22(37)12-34/h11,13-14,19,22-23,47H,4-10,12,15-18H2,1-3H3/t19-,22-,23+,34+,35+/m1/s1. The summed E-state index contributed by atoms with van der Waals surface area (Å²) in [6.07, 6.45) is 6.00. The molecule has 48 heavy (non-hydrogen) atoms. The van der Waals surface area contributed by atoms with Crippen molar-refractivity contribution < 1.29 is 27.8 Å². The molecule has 0 unspecified atom stereocenters. The number of pyridine rings is 1. The third-order valence-electron chi connectivity index (χ3n) is 11.1. The van der Waals surface area contributed by atoms with E-state index in [-0.39, 0.29) is 42.2 Å². The first-order valence-electron chi connectivity index (χ1n) is 16.9. The van der Waals surface area contributed by atoms with Gasteiger partial charge in [-0.25, -0.2) is 17.9 Å². The van der Waals surface area contributed by atoms with Gasteiger partial charge < -0.3 is 14.7 Å². The van der Waals surface area contributed by atoms with Gasteiger partial charge in [-0.1, -0.05) is 6.92 Å². The Morgan fingerprint density at radius 1 is 1.17 bits per heavy atom. The van der Waals surface area contributed by atoms with Crippen molar-refractivity contribution in [1.82, 2.24) is 29.6 Å². The van der Waals surface area contributed by atoms with Gasteiger partial charge in [0.1, 0.15) is 42.1 Å². The highest BCUT2D eigenvalue weighted by atomic mass is 19.1. The average molecular weight is 664 g/mol. The molecule has 1 aliphatic carbocycles. The summed E-state index contributed by atoms with van der Waals surface area (Å²) in [6.45, 7) is 6.36. The van der Waals surface area contributed by atoms with Crippen LogP contribution in [-0.4, -0.2) is 97.4 Å². The van der Waals surface area contributed by atoms with Crippen LogP contribution in [0.3, 0.4) is 0 Å². The lowest BCUT2D eigenvalue weighted by molar-refractivity contribution is 0.00302. The van der Waals surface area contributed by atoms with Gasteiger partial charge in [0.05, 0.1) is 29.2 Å². The highest BCUT2D eigenvalue weighted by molar-refractivity contribution is 6.02. The average Bonchev–Trinajstić information content (AvgIpc) is 3.33. The molecule has 10 nitrogen and oxygen atoms in total. The number of fused-ring (bicyclic) bond motifs is 3. The maximum absolute atomic E-state index is 17.2.